The monoisotopic (exact) mass is 285 g/mol. The van der Waals surface area contributed by atoms with Crippen LogP contribution in [0.1, 0.15) is 22.3 Å². The van der Waals surface area contributed by atoms with Crippen LogP contribution in [0.3, 0.4) is 0 Å². The Kier molecular flexibility index (Phi) is 5.04. The van der Waals surface area contributed by atoms with Crippen molar-refractivity contribution in [3.8, 4) is 5.75 Å². The molecule has 108 valence electrons. The van der Waals surface area contributed by atoms with Crippen LogP contribution >= 0.6 is 0 Å². The Morgan fingerprint density at radius 3 is 2.33 bits per heavy atom. The summed E-state index contributed by atoms with van der Waals surface area (Å²) in [7, 11) is 0. The lowest BCUT2D eigenvalue weighted by atomic mass is 10.1. The second-order valence-corrected chi connectivity index (χ2v) is 4.53. The van der Waals surface area contributed by atoms with Crippen LogP contribution in [0, 0.1) is 10.1 Å². The molecule has 0 radical (unpaired) electrons. The average molecular weight is 285 g/mol. The minimum Gasteiger partial charge on any atom is -0.489 e. The summed E-state index contributed by atoms with van der Waals surface area (Å²) in [6.07, 6.45) is -0.0861. The van der Waals surface area contributed by atoms with Crippen molar-refractivity contribution in [2.24, 2.45) is 0 Å². The van der Waals surface area contributed by atoms with E-state index in [4.69, 9.17) is 4.74 Å². The third kappa shape index (κ3) is 4.72. The van der Waals surface area contributed by atoms with Gasteiger partial charge in [-0.25, -0.2) is 0 Å². The molecule has 2 aromatic rings. The van der Waals surface area contributed by atoms with Crippen molar-refractivity contribution in [1.29, 1.82) is 0 Å². The second-order valence-electron chi connectivity index (χ2n) is 4.53. The highest BCUT2D eigenvalue weighted by Gasteiger charge is 2.09. The summed E-state index contributed by atoms with van der Waals surface area (Å²) in [4.78, 5) is 21.4. The molecule has 0 bridgehead atoms. The van der Waals surface area contributed by atoms with Crippen LogP contribution in [0.5, 0.6) is 5.75 Å². The van der Waals surface area contributed by atoms with Crippen molar-refractivity contribution in [2.75, 3.05) is 6.54 Å². The highest BCUT2D eigenvalue weighted by molar-refractivity contribution is 5.96. The first kappa shape index (κ1) is 14.7. The van der Waals surface area contributed by atoms with Gasteiger partial charge in [-0.05, 0) is 29.8 Å². The number of rotatable bonds is 7. The van der Waals surface area contributed by atoms with Crippen molar-refractivity contribution in [3.63, 3.8) is 0 Å². The maximum absolute atomic E-state index is 11.7. The predicted octanol–water partition coefficient (Wildman–Crippen LogP) is 3.12. The van der Waals surface area contributed by atoms with Gasteiger partial charge >= 0.3 is 0 Å². The molecule has 0 fully saturated rings. The zero-order valence-electron chi connectivity index (χ0n) is 11.4. The molecule has 21 heavy (non-hydrogen) atoms. The molecule has 0 N–H and O–H groups in total. The molecule has 2 aromatic carbocycles. The third-order valence-corrected chi connectivity index (χ3v) is 2.95. The minimum atomic E-state index is -0.491. The Hall–Kier alpha value is -2.69. The maximum atomic E-state index is 11.7. The number of carbonyl (C=O) groups is 1. The van der Waals surface area contributed by atoms with Gasteiger partial charge in [0.05, 0.1) is 6.42 Å². The predicted molar refractivity (Wildman–Crippen MR) is 78.0 cm³/mol. The summed E-state index contributed by atoms with van der Waals surface area (Å²) in [6.45, 7) is 0.112. The lowest BCUT2D eigenvalue weighted by Crippen LogP contribution is -2.08. The second kappa shape index (κ2) is 7.19. The van der Waals surface area contributed by atoms with Gasteiger partial charge in [0, 0.05) is 10.5 Å². The van der Waals surface area contributed by atoms with Crippen molar-refractivity contribution in [3.05, 3.63) is 75.8 Å². The molecule has 0 heterocycles. The fraction of sp³-hybridized carbons (Fsp3) is 0.188. The number of nitro groups is 1. The van der Waals surface area contributed by atoms with E-state index < -0.39 is 4.92 Å². The lowest BCUT2D eigenvalue weighted by molar-refractivity contribution is -0.478. The summed E-state index contributed by atoms with van der Waals surface area (Å²) >= 11 is 0. The molecule has 0 saturated carbocycles. The van der Waals surface area contributed by atoms with Crippen molar-refractivity contribution in [1.82, 2.24) is 0 Å². The van der Waals surface area contributed by atoms with Gasteiger partial charge in [0.2, 0.25) is 6.54 Å². The van der Waals surface area contributed by atoms with Crippen LogP contribution < -0.4 is 4.74 Å². The fourth-order valence-corrected chi connectivity index (χ4v) is 1.82. The molecule has 0 aliphatic carbocycles. The Morgan fingerprint density at radius 1 is 1.05 bits per heavy atom. The first-order valence-corrected chi connectivity index (χ1v) is 6.57. The zero-order valence-corrected chi connectivity index (χ0v) is 11.4. The Morgan fingerprint density at radius 2 is 1.71 bits per heavy atom. The molecular formula is C16H15NO4. The molecule has 0 aliphatic rings. The molecule has 5 nitrogen and oxygen atoms in total. The molecule has 0 atom stereocenters. The van der Waals surface area contributed by atoms with Crippen LogP contribution in [0.15, 0.2) is 54.6 Å². The van der Waals surface area contributed by atoms with Crippen molar-refractivity contribution in [2.45, 2.75) is 13.0 Å². The van der Waals surface area contributed by atoms with E-state index in [-0.39, 0.29) is 18.7 Å². The van der Waals surface area contributed by atoms with Crippen molar-refractivity contribution < 1.29 is 14.5 Å². The van der Waals surface area contributed by atoms with Gasteiger partial charge in [-0.2, -0.15) is 0 Å². The Labute approximate surface area is 122 Å². The lowest BCUT2D eigenvalue weighted by Gasteiger charge is -2.06. The number of ether oxygens (including phenoxy) is 1. The number of nitrogens with zero attached hydrogens (tertiary/aromatic N) is 1. The number of benzene rings is 2. The van der Waals surface area contributed by atoms with Crippen LogP contribution in [-0.2, 0) is 6.61 Å². The first-order chi connectivity index (χ1) is 10.1. The molecule has 5 heteroatoms. The van der Waals surface area contributed by atoms with Crippen molar-refractivity contribution >= 4 is 5.78 Å². The van der Waals surface area contributed by atoms with Crippen LogP contribution in [0.4, 0.5) is 0 Å². The molecule has 0 amide bonds. The quantitative estimate of drug-likeness (QED) is 0.445. The van der Waals surface area contributed by atoms with E-state index in [2.05, 4.69) is 0 Å². The van der Waals surface area contributed by atoms with E-state index in [1.807, 2.05) is 30.3 Å². The summed E-state index contributed by atoms with van der Waals surface area (Å²) in [6, 6.07) is 16.4. The SMILES string of the molecule is O=C(CC[N+](=O)[O-])c1ccc(OCc2ccccc2)cc1. The molecule has 0 unspecified atom stereocenters. The van der Waals surface area contributed by atoms with E-state index in [1.165, 1.54) is 0 Å². The van der Waals surface area contributed by atoms with E-state index in [9.17, 15) is 14.9 Å². The maximum Gasteiger partial charge on any atom is 0.211 e. The standard InChI is InChI=1S/C16H15NO4/c18-16(10-11-17(19)20)14-6-8-15(9-7-14)21-12-13-4-2-1-3-5-13/h1-9H,10-12H2. The molecule has 0 aliphatic heterocycles. The number of hydrogen-bond donors (Lipinski definition) is 0. The van der Waals surface area contributed by atoms with Crippen LogP contribution in [-0.4, -0.2) is 17.3 Å². The average Bonchev–Trinajstić information content (AvgIpc) is 2.52. The van der Waals surface area contributed by atoms with Crippen LogP contribution in [0.2, 0.25) is 0 Å². The van der Waals surface area contributed by atoms with Gasteiger partial charge in [-0.15, -0.1) is 0 Å². The van der Waals surface area contributed by atoms with E-state index >= 15 is 0 Å². The van der Waals surface area contributed by atoms with Gasteiger partial charge < -0.3 is 4.74 Å². The number of ketones is 1. The normalized spacial score (nSPS) is 10.1. The minimum absolute atomic E-state index is 0.0861. The molecule has 0 aromatic heterocycles. The first-order valence-electron chi connectivity index (χ1n) is 6.57. The highest BCUT2D eigenvalue weighted by Crippen LogP contribution is 2.15. The molecule has 0 saturated heterocycles. The van der Waals surface area contributed by atoms with Gasteiger partial charge in [0.15, 0.2) is 5.78 Å². The number of carbonyl (C=O) groups excluding carboxylic acids is 1. The fourth-order valence-electron chi connectivity index (χ4n) is 1.82. The summed E-state index contributed by atoms with van der Waals surface area (Å²) < 4.78 is 5.61. The summed E-state index contributed by atoms with van der Waals surface area (Å²) in [5, 5.41) is 10.2. The number of Topliss-reactive ketones (excluding diaryl/α,β-unsaturated/α-hetero) is 1. The van der Waals surface area contributed by atoms with E-state index in [0.29, 0.717) is 17.9 Å². The van der Waals surface area contributed by atoms with Gasteiger partial charge in [0.25, 0.3) is 0 Å². The largest absolute Gasteiger partial charge is 0.489 e. The highest BCUT2D eigenvalue weighted by atomic mass is 16.6. The van der Waals surface area contributed by atoms with Crippen LogP contribution in [0.25, 0.3) is 0 Å². The third-order valence-electron chi connectivity index (χ3n) is 2.95. The Bertz CT molecular complexity index is 608. The smallest absolute Gasteiger partial charge is 0.211 e. The zero-order chi connectivity index (χ0) is 15.1. The summed E-state index contributed by atoms with van der Waals surface area (Å²) in [5.74, 6) is 0.422. The topological polar surface area (TPSA) is 69.4 Å². The Balaban J connectivity index is 1.89. The van der Waals surface area contributed by atoms with Gasteiger partial charge in [0.1, 0.15) is 12.4 Å². The molecular weight excluding hydrogens is 270 g/mol. The molecule has 0 spiro atoms. The molecule has 2 rings (SSSR count). The van der Waals surface area contributed by atoms with Gasteiger partial charge in [-0.1, -0.05) is 30.3 Å². The summed E-state index contributed by atoms with van der Waals surface area (Å²) in [5.41, 5.74) is 1.52. The number of hydrogen-bond acceptors (Lipinski definition) is 4. The van der Waals surface area contributed by atoms with Gasteiger partial charge in [-0.3, -0.25) is 14.9 Å². The van der Waals surface area contributed by atoms with E-state index in [1.54, 1.807) is 24.3 Å². The van der Waals surface area contributed by atoms with E-state index in [0.717, 1.165) is 5.56 Å².